The van der Waals surface area contributed by atoms with Crippen molar-refractivity contribution in [2.45, 2.75) is 19.4 Å². The molecular weight excluding hydrogens is 282 g/mol. The first-order chi connectivity index (χ1) is 9.65. The highest BCUT2D eigenvalue weighted by molar-refractivity contribution is 6.31. The van der Waals surface area contributed by atoms with Crippen molar-refractivity contribution in [3.8, 4) is 0 Å². The summed E-state index contributed by atoms with van der Waals surface area (Å²) in [7, 11) is 0. The highest BCUT2D eigenvalue weighted by Gasteiger charge is 2.21. The Labute approximate surface area is 121 Å². The average Bonchev–Trinajstić information content (AvgIpc) is 2.45. The smallest absolute Gasteiger partial charge is 0.163 e. The molecule has 0 amide bonds. The molecular formula is C15H15ClF2N2. The van der Waals surface area contributed by atoms with Gasteiger partial charge in [0.2, 0.25) is 0 Å². The highest BCUT2D eigenvalue weighted by Crippen LogP contribution is 2.29. The molecule has 0 aliphatic rings. The monoisotopic (exact) mass is 296 g/mol. The highest BCUT2D eigenvalue weighted by atomic mass is 35.5. The third-order valence-electron chi connectivity index (χ3n) is 3.01. The van der Waals surface area contributed by atoms with E-state index in [-0.39, 0.29) is 5.56 Å². The van der Waals surface area contributed by atoms with E-state index in [0.29, 0.717) is 17.1 Å². The maximum absolute atomic E-state index is 14.0. The molecule has 0 aliphatic carbocycles. The maximum Gasteiger partial charge on any atom is 0.163 e. The number of nitrogens with one attached hydrogen (secondary N) is 1. The lowest BCUT2D eigenvalue weighted by Gasteiger charge is -2.21. The lowest BCUT2D eigenvalue weighted by atomic mass is 9.98. The van der Waals surface area contributed by atoms with Crippen LogP contribution in [0.1, 0.15) is 30.5 Å². The van der Waals surface area contributed by atoms with Crippen LogP contribution in [0.4, 0.5) is 8.78 Å². The van der Waals surface area contributed by atoms with Gasteiger partial charge in [0.1, 0.15) is 0 Å². The van der Waals surface area contributed by atoms with Crippen LogP contribution in [-0.4, -0.2) is 11.5 Å². The predicted octanol–water partition coefficient (Wildman–Crippen LogP) is 4.10. The van der Waals surface area contributed by atoms with Crippen LogP contribution < -0.4 is 5.32 Å². The molecule has 2 rings (SSSR count). The molecule has 5 heteroatoms. The Morgan fingerprint density at radius 2 is 2.05 bits per heavy atom. The van der Waals surface area contributed by atoms with Gasteiger partial charge in [0.15, 0.2) is 11.6 Å². The normalized spacial score (nSPS) is 12.4. The van der Waals surface area contributed by atoms with E-state index < -0.39 is 17.7 Å². The number of pyridine rings is 1. The van der Waals surface area contributed by atoms with Crippen LogP contribution in [-0.2, 0) is 0 Å². The Morgan fingerprint density at radius 3 is 2.75 bits per heavy atom. The lowest BCUT2D eigenvalue weighted by molar-refractivity contribution is 0.480. The van der Waals surface area contributed by atoms with Crippen LogP contribution in [0.3, 0.4) is 0 Å². The Kier molecular flexibility index (Phi) is 5.04. The molecule has 1 atom stereocenters. The van der Waals surface area contributed by atoms with Crippen molar-refractivity contribution in [2.24, 2.45) is 0 Å². The summed E-state index contributed by atoms with van der Waals surface area (Å²) in [6.07, 6.45) is 3.95. The van der Waals surface area contributed by atoms with Crippen molar-refractivity contribution in [3.05, 3.63) is 64.4 Å². The summed E-state index contributed by atoms with van der Waals surface area (Å²) in [5.41, 5.74) is 0.922. The summed E-state index contributed by atoms with van der Waals surface area (Å²) in [5.74, 6) is -1.72. The van der Waals surface area contributed by atoms with Crippen molar-refractivity contribution in [1.29, 1.82) is 0 Å². The zero-order valence-electron chi connectivity index (χ0n) is 11.0. The van der Waals surface area contributed by atoms with Crippen molar-refractivity contribution < 1.29 is 8.78 Å². The Morgan fingerprint density at radius 1 is 1.25 bits per heavy atom. The molecule has 20 heavy (non-hydrogen) atoms. The van der Waals surface area contributed by atoms with Crippen LogP contribution in [0.2, 0.25) is 5.02 Å². The van der Waals surface area contributed by atoms with E-state index in [4.69, 9.17) is 11.6 Å². The zero-order valence-corrected chi connectivity index (χ0v) is 11.8. The van der Waals surface area contributed by atoms with E-state index in [2.05, 4.69) is 10.3 Å². The van der Waals surface area contributed by atoms with Crippen molar-refractivity contribution >= 4 is 11.6 Å². The first-order valence-corrected chi connectivity index (χ1v) is 6.79. The van der Waals surface area contributed by atoms with Gasteiger partial charge >= 0.3 is 0 Å². The fourth-order valence-electron chi connectivity index (χ4n) is 2.04. The van der Waals surface area contributed by atoms with Gasteiger partial charge in [-0.2, -0.15) is 0 Å². The number of hydrogen-bond acceptors (Lipinski definition) is 2. The molecule has 1 N–H and O–H groups in total. The van der Waals surface area contributed by atoms with Gasteiger partial charge in [-0.1, -0.05) is 30.7 Å². The van der Waals surface area contributed by atoms with Gasteiger partial charge < -0.3 is 5.32 Å². The SMILES string of the molecule is CCCNC(c1ccncc1Cl)c1cccc(F)c1F. The first kappa shape index (κ1) is 14.9. The molecule has 1 unspecified atom stereocenters. The number of halogens is 3. The van der Waals surface area contributed by atoms with Gasteiger partial charge in [-0.05, 0) is 30.7 Å². The summed E-state index contributed by atoms with van der Waals surface area (Å²) >= 11 is 6.12. The zero-order chi connectivity index (χ0) is 14.5. The van der Waals surface area contributed by atoms with Crippen molar-refractivity contribution in [2.75, 3.05) is 6.54 Å². The molecule has 2 aromatic rings. The van der Waals surface area contributed by atoms with Gasteiger partial charge in [-0.3, -0.25) is 4.98 Å². The second-order valence-electron chi connectivity index (χ2n) is 4.43. The molecule has 106 valence electrons. The molecule has 1 aromatic carbocycles. The largest absolute Gasteiger partial charge is 0.306 e. The number of aromatic nitrogens is 1. The standard InChI is InChI=1S/C15H15ClF2N2/c1-2-7-20-15(10-6-8-19-9-12(10)16)11-4-3-5-13(17)14(11)18/h3-6,8-9,15,20H,2,7H2,1H3. The summed E-state index contributed by atoms with van der Waals surface area (Å²) in [6.45, 7) is 2.67. The Bertz CT molecular complexity index is 590. The quantitative estimate of drug-likeness (QED) is 0.898. The van der Waals surface area contributed by atoms with E-state index in [1.165, 1.54) is 12.3 Å². The molecule has 2 nitrogen and oxygen atoms in total. The van der Waals surface area contributed by atoms with Crippen LogP contribution in [0.5, 0.6) is 0 Å². The second-order valence-corrected chi connectivity index (χ2v) is 4.83. The molecule has 0 aliphatic heterocycles. The van der Waals surface area contributed by atoms with Gasteiger partial charge in [-0.15, -0.1) is 0 Å². The number of hydrogen-bond donors (Lipinski definition) is 1. The third-order valence-corrected chi connectivity index (χ3v) is 3.32. The minimum atomic E-state index is -0.865. The van der Waals surface area contributed by atoms with E-state index >= 15 is 0 Å². The van der Waals surface area contributed by atoms with E-state index in [9.17, 15) is 8.78 Å². The average molecular weight is 297 g/mol. The summed E-state index contributed by atoms with van der Waals surface area (Å²) in [5, 5.41) is 3.61. The number of rotatable bonds is 5. The van der Waals surface area contributed by atoms with Crippen molar-refractivity contribution in [1.82, 2.24) is 10.3 Å². The van der Waals surface area contributed by atoms with E-state index in [1.54, 1.807) is 18.3 Å². The summed E-state index contributed by atoms with van der Waals surface area (Å²) in [6, 6.07) is 5.36. The maximum atomic E-state index is 14.0. The number of nitrogens with zero attached hydrogens (tertiary/aromatic N) is 1. The Hall–Kier alpha value is -1.52. The van der Waals surface area contributed by atoms with Crippen LogP contribution in [0.15, 0.2) is 36.7 Å². The van der Waals surface area contributed by atoms with E-state index in [0.717, 1.165) is 12.5 Å². The van der Waals surface area contributed by atoms with Gasteiger partial charge in [0.05, 0.1) is 11.1 Å². The minimum Gasteiger partial charge on any atom is -0.306 e. The molecule has 0 saturated heterocycles. The third kappa shape index (κ3) is 3.14. The molecule has 1 heterocycles. The topological polar surface area (TPSA) is 24.9 Å². The fourth-order valence-corrected chi connectivity index (χ4v) is 2.27. The first-order valence-electron chi connectivity index (χ1n) is 6.41. The minimum absolute atomic E-state index is 0.242. The molecule has 0 radical (unpaired) electrons. The lowest BCUT2D eigenvalue weighted by Crippen LogP contribution is -2.24. The van der Waals surface area contributed by atoms with Crippen LogP contribution >= 0.6 is 11.6 Å². The van der Waals surface area contributed by atoms with Crippen LogP contribution in [0, 0.1) is 11.6 Å². The van der Waals surface area contributed by atoms with Gasteiger partial charge in [0, 0.05) is 18.0 Å². The summed E-state index contributed by atoms with van der Waals surface area (Å²) in [4.78, 5) is 3.91. The van der Waals surface area contributed by atoms with Gasteiger partial charge in [0.25, 0.3) is 0 Å². The second kappa shape index (κ2) is 6.77. The van der Waals surface area contributed by atoms with E-state index in [1.807, 2.05) is 6.92 Å². The fraction of sp³-hybridized carbons (Fsp3) is 0.267. The summed E-state index contributed by atoms with van der Waals surface area (Å²) < 4.78 is 27.5. The Balaban J connectivity index is 2.47. The molecule has 1 aromatic heterocycles. The van der Waals surface area contributed by atoms with Crippen molar-refractivity contribution in [3.63, 3.8) is 0 Å². The molecule has 0 fully saturated rings. The van der Waals surface area contributed by atoms with Crippen LogP contribution in [0.25, 0.3) is 0 Å². The predicted molar refractivity (Wildman–Crippen MR) is 75.7 cm³/mol. The number of benzene rings is 1. The molecule has 0 bridgehead atoms. The molecule has 0 saturated carbocycles. The van der Waals surface area contributed by atoms with Gasteiger partial charge in [-0.25, -0.2) is 8.78 Å². The molecule has 0 spiro atoms.